The molecule has 1 N–H and O–H groups in total. The maximum Gasteiger partial charge on any atom is 0.252 e. The van der Waals surface area contributed by atoms with E-state index in [9.17, 15) is 4.79 Å². The van der Waals surface area contributed by atoms with Crippen molar-refractivity contribution in [3.05, 3.63) is 46.0 Å². The zero-order chi connectivity index (χ0) is 24.4. The lowest BCUT2D eigenvalue weighted by Gasteiger charge is -2.41. The van der Waals surface area contributed by atoms with Crippen molar-refractivity contribution in [2.45, 2.75) is 96.3 Å². The van der Waals surface area contributed by atoms with Gasteiger partial charge in [0.05, 0.1) is 24.7 Å². The van der Waals surface area contributed by atoms with Gasteiger partial charge < -0.3 is 9.72 Å². The topological polar surface area (TPSA) is 88.9 Å². The van der Waals surface area contributed by atoms with E-state index in [-0.39, 0.29) is 11.6 Å². The molecule has 5 rings (SSSR count). The van der Waals surface area contributed by atoms with Gasteiger partial charge in [-0.1, -0.05) is 46.0 Å². The number of hydrogen-bond acceptors (Lipinski definition) is 6. The maximum absolute atomic E-state index is 13.2. The van der Waals surface area contributed by atoms with E-state index in [1.807, 2.05) is 24.3 Å². The molecule has 2 aliphatic rings. The maximum atomic E-state index is 13.2. The number of nitrogens with one attached hydrogen (secondary N) is 1. The number of rotatable bonds is 8. The lowest BCUT2D eigenvalue weighted by Crippen LogP contribution is -2.43. The molecular formula is C27H38N6O2. The van der Waals surface area contributed by atoms with Crippen LogP contribution in [0.4, 0.5) is 0 Å². The Balaban J connectivity index is 1.54. The highest BCUT2D eigenvalue weighted by Crippen LogP contribution is 2.38. The number of aromatic nitrogens is 5. The van der Waals surface area contributed by atoms with Gasteiger partial charge in [-0.05, 0) is 65.6 Å². The van der Waals surface area contributed by atoms with Crippen molar-refractivity contribution in [3.8, 4) is 5.75 Å². The van der Waals surface area contributed by atoms with Crippen LogP contribution in [0.3, 0.4) is 0 Å². The fourth-order valence-electron chi connectivity index (χ4n) is 6.17. The van der Waals surface area contributed by atoms with E-state index in [4.69, 9.17) is 4.74 Å². The third kappa shape index (κ3) is 4.99. The second-order valence-electron chi connectivity index (χ2n) is 10.6. The number of benzene rings is 1. The van der Waals surface area contributed by atoms with Gasteiger partial charge >= 0.3 is 0 Å². The van der Waals surface area contributed by atoms with Gasteiger partial charge in [-0.2, -0.15) is 0 Å². The quantitative estimate of drug-likeness (QED) is 0.480. The molecule has 0 spiro atoms. The molecule has 2 heterocycles. The Bertz CT molecular complexity index is 1190. The molecule has 2 aromatic heterocycles. The molecule has 1 atom stereocenters. The molecule has 1 aromatic carbocycles. The molecule has 0 saturated heterocycles. The monoisotopic (exact) mass is 478 g/mol. The predicted molar refractivity (Wildman–Crippen MR) is 136 cm³/mol. The van der Waals surface area contributed by atoms with Gasteiger partial charge in [0.2, 0.25) is 0 Å². The summed E-state index contributed by atoms with van der Waals surface area (Å²) in [5, 5.41) is 14.2. The summed E-state index contributed by atoms with van der Waals surface area (Å²) in [4.78, 5) is 18.9. The number of pyridine rings is 1. The second-order valence-corrected chi connectivity index (χ2v) is 10.6. The molecule has 8 heteroatoms. The lowest BCUT2D eigenvalue weighted by atomic mass is 9.90. The van der Waals surface area contributed by atoms with Crippen LogP contribution in [0.25, 0.3) is 10.9 Å². The van der Waals surface area contributed by atoms with Gasteiger partial charge in [0.25, 0.3) is 5.56 Å². The minimum atomic E-state index is -0.0375. The minimum Gasteiger partial charge on any atom is -0.497 e. The molecule has 0 bridgehead atoms. The third-order valence-electron chi connectivity index (χ3n) is 7.97. The smallest absolute Gasteiger partial charge is 0.252 e. The first-order valence-electron chi connectivity index (χ1n) is 13.3. The van der Waals surface area contributed by atoms with Gasteiger partial charge in [-0.15, -0.1) is 5.10 Å². The number of methoxy groups -OCH3 is 1. The summed E-state index contributed by atoms with van der Waals surface area (Å²) in [5.41, 5.74) is 1.55. The number of fused-ring (bicyclic) bond motifs is 1. The minimum absolute atomic E-state index is 0.0375. The van der Waals surface area contributed by atoms with Crippen LogP contribution in [0.15, 0.2) is 29.1 Å². The van der Waals surface area contributed by atoms with Gasteiger partial charge in [-0.25, -0.2) is 4.68 Å². The summed E-state index contributed by atoms with van der Waals surface area (Å²) in [7, 11) is 1.64. The van der Waals surface area contributed by atoms with Gasteiger partial charge in [0.15, 0.2) is 5.82 Å². The van der Waals surface area contributed by atoms with Crippen LogP contribution in [0.5, 0.6) is 5.75 Å². The highest BCUT2D eigenvalue weighted by Gasteiger charge is 2.36. The van der Waals surface area contributed by atoms with Crippen molar-refractivity contribution in [1.82, 2.24) is 30.1 Å². The molecule has 8 nitrogen and oxygen atoms in total. The lowest BCUT2D eigenvalue weighted by molar-refractivity contribution is 0.0598. The van der Waals surface area contributed by atoms with Crippen LogP contribution in [0.2, 0.25) is 0 Å². The zero-order valence-corrected chi connectivity index (χ0v) is 21.2. The average molecular weight is 479 g/mol. The molecule has 0 aliphatic heterocycles. The van der Waals surface area contributed by atoms with E-state index in [1.165, 1.54) is 32.1 Å². The Hall–Kier alpha value is -2.74. The first-order valence-corrected chi connectivity index (χ1v) is 13.3. The van der Waals surface area contributed by atoms with Crippen molar-refractivity contribution >= 4 is 10.9 Å². The Morgan fingerprint density at radius 2 is 1.83 bits per heavy atom. The molecular weight excluding hydrogens is 440 g/mol. The zero-order valence-electron chi connectivity index (χ0n) is 21.2. The molecule has 3 aromatic rings. The number of ether oxygens (including phenoxy) is 1. The van der Waals surface area contributed by atoms with Crippen LogP contribution < -0.4 is 10.3 Å². The summed E-state index contributed by atoms with van der Waals surface area (Å²) in [6, 6.07) is 8.73. The number of H-pyrrole nitrogens is 1. The average Bonchev–Trinajstić information content (AvgIpc) is 3.56. The first-order chi connectivity index (χ1) is 17.0. The summed E-state index contributed by atoms with van der Waals surface area (Å²) in [6.45, 7) is 5.10. The Kier molecular flexibility index (Phi) is 7.18. The summed E-state index contributed by atoms with van der Waals surface area (Å²) in [6.07, 6.45) is 10.8. The third-order valence-corrected chi connectivity index (χ3v) is 7.97. The molecule has 2 fully saturated rings. The second kappa shape index (κ2) is 10.5. The predicted octanol–water partition coefficient (Wildman–Crippen LogP) is 5.17. The van der Waals surface area contributed by atoms with E-state index in [0.717, 1.165) is 53.7 Å². The van der Waals surface area contributed by atoms with Crippen molar-refractivity contribution in [1.29, 1.82) is 0 Å². The van der Waals surface area contributed by atoms with E-state index in [0.29, 0.717) is 24.5 Å². The standard InChI is InChI=1S/C27H38N6O2/c1-18(2)25(26-29-30-31-33(26)22-11-7-8-12-22)32(21-9-5-4-6-10-21)17-20-15-19-13-14-23(35-3)16-24(19)28-27(20)34/h13-16,18,21-22,25H,4-12,17H2,1-3H3,(H,28,34). The fourth-order valence-corrected chi connectivity index (χ4v) is 6.17. The van der Waals surface area contributed by atoms with E-state index in [1.54, 1.807) is 7.11 Å². The van der Waals surface area contributed by atoms with Crippen molar-refractivity contribution < 1.29 is 4.74 Å². The van der Waals surface area contributed by atoms with E-state index < -0.39 is 0 Å². The molecule has 0 amide bonds. The Morgan fingerprint density at radius 3 is 2.54 bits per heavy atom. The fraction of sp³-hybridized carbons (Fsp3) is 0.630. The highest BCUT2D eigenvalue weighted by atomic mass is 16.5. The van der Waals surface area contributed by atoms with Crippen molar-refractivity contribution in [2.24, 2.45) is 5.92 Å². The number of nitrogens with zero attached hydrogens (tertiary/aromatic N) is 5. The van der Waals surface area contributed by atoms with Crippen molar-refractivity contribution in [3.63, 3.8) is 0 Å². The van der Waals surface area contributed by atoms with E-state index >= 15 is 0 Å². The normalized spacial score (nSPS) is 18.7. The largest absolute Gasteiger partial charge is 0.497 e. The summed E-state index contributed by atoms with van der Waals surface area (Å²) >= 11 is 0. The van der Waals surface area contributed by atoms with Crippen molar-refractivity contribution in [2.75, 3.05) is 7.11 Å². The van der Waals surface area contributed by atoms with Crippen LogP contribution in [-0.2, 0) is 6.54 Å². The molecule has 35 heavy (non-hydrogen) atoms. The highest BCUT2D eigenvalue weighted by molar-refractivity contribution is 5.80. The van der Waals surface area contributed by atoms with Crippen LogP contribution in [0, 0.1) is 5.92 Å². The SMILES string of the molecule is COc1ccc2cc(CN(C3CCCCC3)C(c3nnnn3C3CCCC3)C(C)C)c(=O)[nH]c2c1. The number of hydrogen-bond donors (Lipinski definition) is 1. The first kappa shape index (κ1) is 24.0. The molecule has 2 aliphatic carbocycles. The van der Waals surface area contributed by atoms with Crippen LogP contribution in [0.1, 0.15) is 95.1 Å². The van der Waals surface area contributed by atoms with E-state index in [2.05, 4.69) is 43.9 Å². The summed E-state index contributed by atoms with van der Waals surface area (Å²) < 4.78 is 7.44. The van der Waals surface area contributed by atoms with Crippen LogP contribution in [-0.4, -0.2) is 43.2 Å². The molecule has 1 unspecified atom stereocenters. The summed E-state index contributed by atoms with van der Waals surface area (Å²) in [5.74, 6) is 2.01. The van der Waals surface area contributed by atoms with Crippen LogP contribution >= 0.6 is 0 Å². The van der Waals surface area contributed by atoms with Gasteiger partial charge in [0.1, 0.15) is 5.75 Å². The number of aromatic amines is 1. The Labute approximate surface area is 207 Å². The Morgan fingerprint density at radius 1 is 1.09 bits per heavy atom. The molecule has 188 valence electrons. The number of tetrazole rings is 1. The molecule has 0 radical (unpaired) electrons. The van der Waals surface area contributed by atoms with Gasteiger partial charge in [0, 0.05) is 24.2 Å². The van der Waals surface area contributed by atoms with Gasteiger partial charge in [-0.3, -0.25) is 9.69 Å². The molecule has 2 saturated carbocycles.